The molecule has 12 heteroatoms. The van der Waals surface area contributed by atoms with Gasteiger partial charge in [0, 0.05) is 10.3 Å². The molecule has 2 fully saturated rings. The minimum atomic E-state index is -1.13. The van der Waals surface area contributed by atoms with E-state index in [1.165, 1.54) is 22.7 Å². The molecule has 38 heavy (non-hydrogen) atoms. The van der Waals surface area contributed by atoms with Gasteiger partial charge in [0.15, 0.2) is 0 Å². The first-order valence-electron chi connectivity index (χ1n) is 11.7. The number of carboxylic acids is 1. The zero-order valence-electron chi connectivity index (χ0n) is 20.6. The summed E-state index contributed by atoms with van der Waals surface area (Å²) in [6.07, 6.45) is 0. The first-order chi connectivity index (χ1) is 18.0. The molecular formula is C26H26N6O5S. The van der Waals surface area contributed by atoms with Crippen LogP contribution in [0.15, 0.2) is 54.6 Å². The minimum absolute atomic E-state index is 0.0630. The third-order valence-electron chi connectivity index (χ3n) is 6.38. The maximum atomic E-state index is 13.3. The summed E-state index contributed by atoms with van der Waals surface area (Å²) < 4.78 is -0.735. The van der Waals surface area contributed by atoms with Crippen molar-refractivity contribution in [2.45, 2.75) is 42.1 Å². The highest BCUT2D eigenvalue weighted by Gasteiger charge is 2.64. The molecule has 4 rings (SSSR count). The predicted octanol–water partition coefficient (Wildman–Crippen LogP) is 0.962. The van der Waals surface area contributed by atoms with Crippen LogP contribution in [0.5, 0.6) is 0 Å². The molecule has 2 aromatic carbocycles. The van der Waals surface area contributed by atoms with Gasteiger partial charge in [-0.2, -0.15) is 5.26 Å². The number of nitriles is 1. The molecule has 0 aromatic heterocycles. The minimum Gasteiger partial charge on any atom is -0.480 e. The molecule has 0 aliphatic carbocycles. The Balaban J connectivity index is 1.43. The summed E-state index contributed by atoms with van der Waals surface area (Å²) in [7, 11) is 0. The van der Waals surface area contributed by atoms with E-state index in [1.54, 1.807) is 62.4 Å². The van der Waals surface area contributed by atoms with Crippen LogP contribution in [0, 0.1) is 16.7 Å². The number of amides is 3. The average molecular weight is 535 g/mol. The van der Waals surface area contributed by atoms with E-state index in [1.807, 2.05) is 6.07 Å². The van der Waals surface area contributed by atoms with E-state index in [4.69, 9.17) is 10.7 Å². The van der Waals surface area contributed by atoms with E-state index in [2.05, 4.69) is 16.0 Å². The molecule has 1 unspecified atom stereocenters. The van der Waals surface area contributed by atoms with Gasteiger partial charge in [-0.25, -0.2) is 4.79 Å². The summed E-state index contributed by atoms with van der Waals surface area (Å²) in [6.45, 7) is 3.18. The van der Waals surface area contributed by atoms with E-state index >= 15 is 0 Å². The Morgan fingerprint density at radius 1 is 1.18 bits per heavy atom. The zero-order chi connectivity index (χ0) is 27.6. The van der Waals surface area contributed by atoms with Gasteiger partial charge >= 0.3 is 5.97 Å². The maximum absolute atomic E-state index is 13.3. The van der Waals surface area contributed by atoms with Gasteiger partial charge in [0.25, 0.3) is 0 Å². The van der Waals surface area contributed by atoms with E-state index in [9.17, 15) is 24.3 Å². The molecule has 0 bridgehead atoms. The Morgan fingerprint density at radius 3 is 2.55 bits per heavy atom. The van der Waals surface area contributed by atoms with Crippen LogP contribution in [0.4, 0.5) is 0 Å². The number of carboxylic acid groups (broad SMARTS) is 1. The predicted molar refractivity (Wildman–Crippen MR) is 139 cm³/mol. The van der Waals surface area contributed by atoms with Crippen molar-refractivity contribution < 1.29 is 24.3 Å². The van der Waals surface area contributed by atoms with Crippen LogP contribution in [0.2, 0.25) is 0 Å². The van der Waals surface area contributed by atoms with Gasteiger partial charge in [-0.3, -0.25) is 19.8 Å². The number of hydrogen-bond donors (Lipinski definition) is 5. The van der Waals surface area contributed by atoms with Crippen LogP contribution in [0.3, 0.4) is 0 Å². The number of thioether (sulfide) groups is 1. The highest BCUT2D eigenvalue weighted by Crippen LogP contribution is 2.50. The molecule has 4 atom stereocenters. The van der Waals surface area contributed by atoms with E-state index in [-0.39, 0.29) is 12.4 Å². The zero-order valence-corrected chi connectivity index (χ0v) is 21.4. The largest absolute Gasteiger partial charge is 0.480 e. The van der Waals surface area contributed by atoms with E-state index in [0.717, 1.165) is 0 Å². The Bertz CT molecular complexity index is 1340. The van der Waals surface area contributed by atoms with E-state index in [0.29, 0.717) is 16.7 Å². The lowest BCUT2D eigenvalue weighted by molar-refractivity contribution is -0.161. The second kappa shape index (κ2) is 10.5. The third-order valence-corrected chi connectivity index (χ3v) is 7.95. The second-order valence-corrected chi connectivity index (χ2v) is 11.2. The smallest absolute Gasteiger partial charge is 0.327 e. The van der Waals surface area contributed by atoms with Gasteiger partial charge in [0.2, 0.25) is 17.7 Å². The lowest BCUT2D eigenvalue weighted by atomic mass is 9.95. The van der Waals surface area contributed by atoms with Crippen LogP contribution in [0.1, 0.15) is 36.6 Å². The van der Waals surface area contributed by atoms with Crippen molar-refractivity contribution in [1.29, 1.82) is 10.7 Å². The number of aliphatic carboxylic acids is 1. The van der Waals surface area contributed by atoms with Crippen molar-refractivity contribution in [2.75, 3.05) is 6.54 Å². The number of nitrogens with zero attached hydrogens (tertiary/aromatic N) is 2. The van der Waals surface area contributed by atoms with Crippen LogP contribution < -0.4 is 16.0 Å². The van der Waals surface area contributed by atoms with Gasteiger partial charge in [0.05, 0.1) is 18.2 Å². The van der Waals surface area contributed by atoms with Crippen LogP contribution in [-0.4, -0.2) is 68.3 Å². The molecule has 0 radical (unpaired) electrons. The first kappa shape index (κ1) is 26.7. The molecule has 5 N–H and O–H groups in total. The summed E-state index contributed by atoms with van der Waals surface area (Å²) in [5, 5.41) is 34.3. The molecule has 2 aliphatic heterocycles. The fourth-order valence-corrected chi connectivity index (χ4v) is 6.18. The summed E-state index contributed by atoms with van der Waals surface area (Å²) in [4.78, 5) is 51.9. The van der Waals surface area contributed by atoms with Crippen molar-refractivity contribution in [1.82, 2.24) is 20.9 Å². The van der Waals surface area contributed by atoms with Crippen molar-refractivity contribution in [3.63, 3.8) is 0 Å². The van der Waals surface area contributed by atoms with Gasteiger partial charge in [-0.15, -0.1) is 11.8 Å². The van der Waals surface area contributed by atoms with Crippen LogP contribution in [-0.2, 0) is 19.2 Å². The van der Waals surface area contributed by atoms with Crippen molar-refractivity contribution in [2.24, 2.45) is 0 Å². The fourth-order valence-electron chi connectivity index (χ4n) is 4.55. The topological polar surface area (TPSA) is 175 Å². The molecule has 3 amide bonds. The number of benzene rings is 2. The number of carbonyl (C=O) groups is 4. The third kappa shape index (κ3) is 5.19. The number of amidine groups is 1. The van der Waals surface area contributed by atoms with E-state index < -0.39 is 51.9 Å². The first-order valence-corrected chi connectivity index (χ1v) is 12.6. The number of hydrogen-bond acceptors (Lipinski definition) is 7. The Morgan fingerprint density at radius 2 is 1.89 bits per heavy atom. The highest BCUT2D eigenvalue weighted by atomic mass is 32.2. The normalized spacial score (nSPS) is 21.8. The SMILES string of the molecule is CC1(C)S[C@@H]2[C@H](NC(=O)C(NC(=O)CNC(=N)c3cccc(C#N)c3)c3ccccc3)C(=O)N2[C@H]1C(=O)O. The van der Waals surface area contributed by atoms with Gasteiger partial charge in [-0.05, 0) is 31.5 Å². The van der Waals surface area contributed by atoms with Crippen LogP contribution >= 0.6 is 11.8 Å². The molecule has 11 nitrogen and oxygen atoms in total. The summed E-state index contributed by atoms with van der Waals surface area (Å²) in [5.41, 5.74) is 1.29. The number of nitrogens with one attached hydrogen (secondary N) is 4. The quantitative estimate of drug-likeness (QED) is 0.189. The number of carbonyl (C=O) groups excluding carboxylic acids is 3. The molecule has 2 aromatic rings. The summed E-state index contributed by atoms with van der Waals surface area (Å²) in [6, 6.07) is 13.8. The number of rotatable bonds is 8. The highest BCUT2D eigenvalue weighted by molar-refractivity contribution is 8.01. The number of β-lactam (4-membered cyclic amide) rings is 1. The standard InChI is InChI=1S/C26H26N6O5S/c1-26(2)20(25(36)37)32-23(35)19(24(32)38-26)31-22(34)18(15-8-4-3-5-9-15)30-17(33)13-29-21(28)16-10-6-7-14(11-16)12-27/h3-11,18-20,24H,13H2,1-2H3,(H2,28,29)(H,30,33)(H,31,34)(H,36,37)/t18?,19-,20+,24-/m1/s1. The second-order valence-electron chi connectivity index (χ2n) is 9.42. The molecule has 2 aliphatic rings. The summed E-state index contributed by atoms with van der Waals surface area (Å²) >= 11 is 1.31. The molecule has 196 valence electrons. The van der Waals surface area contributed by atoms with Crippen molar-refractivity contribution in [3.05, 3.63) is 71.3 Å². The fraction of sp³-hybridized carbons (Fsp3) is 0.308. The van der Waals surface area contributed by atoms with Crippen LogP contribution in [0.25, 0.3) is 0 Å². The van der Waals surface area contributed by atoms with Gasteiger partial charge in [0.1, 0.15) is 29.3 Å². The lowest BCUT2D eigenvalue weighted by Gasteiger charge is -2.44. The molecule has 2 heterocycles. The Hall–Kier alpha value is -4.37. The average Bonchev–Trinajstić information content (AvgIpc) is 3.17. The molecule has 0 saturated carbocycles. The van der Waals surface area contributed by atoms with Crippen molar-refractivity contribution >= 4 is 41.3 Å². The molecule has 2 saturated heterocycles. The Labute approximate surface area is 223 Å². The lowest BCUT2D eigenvalue weighted by Crippen LogP contribution is -2.71. The van der Waals surface area contributed by atoms with Gasteiger partial charge < -0.3 is 26.0 Å². The molecular weight excluding hydrogens is 508 g/mol. The molecule has 0 spiro atoms. The van der Waals surface area contributed by atoms with Gasteiger partial charge in [-0.1, -0.05) is 42.5 Å². The summed E-state index contributed by atoms with van der Waals surface area (Å²) in [5.74, 6) is -2.83. The number of fused-ring (bicyclic) bond motifs is 1. The monoisotopic (exact) mass is 534 g/mol. The van der Waals surface area contributed by atoms with Crippen molar-refractivity contribution in [3.8, 4) is 6.07 Å². The Kier molecular flexibility index (Phi) is 7.41. The maximum Gasteiger partial charge on any atom is 0.327 e.